The molecule has 3 aliphatic rings. The number of nitrogens with two attached hydrogens (primary N) is 2. The lowest BCUT2D eigenvalue weighted by Gasteiger charge is -2.45. The number of hydrogen-bond acceptors (Lipinski definition) is 9. The lowest BCUT2D eigenvalue weighted by molar-refractivity contribution is -0.384. The molecule has 1 spiro atoms. The third kappa shape index (κ3) is 3.24. The first-order chi connectivity index (χ1) is 13.5. The molecule has 1 saturated carbocycles. The fourth-order valence-corrected chi connectivity index (χ4v) is 4.33. The SMILES string of the molecule is NC1=NC2(CCCCC2)N(c2cc(N3CCOCC3)ccc2[N+](=O)[O-])C(N)=N1. The minimum atomic E-state index is -0.720. The first kappa shape index (κ1) is 18.5. The van der Waals surface area contributed by atoms with Gasteiger partial charge in [-0.15, -0.1) is 0 Å². The van der Waals surface area contributed by atoms with Crippen LogP contribution in [0.2, 0.25) is 0 Å². The van der Waals surface area contributed by atoms with Crippen LogP contribution in [-0.4, -0.2) is 48.8 Å². The minimum Gasteiger partial charge on any atom is -0.378 e. The summed E-state index contributed by atoms with van der Waals surface area (Å²) in [4.78, 5) is 24.0. The molecule has 0 unspecified atom stereocenters. The van der Waals surface area contributed by atoms with E-state index in [-0.39, 0.29) is 22.5 Å². The van der Waals surface area contributed by atoms with Crippen molar-refractivity contribution in [1.82, 2.24) is 0 Å². The Morgan fingerprint density at radius 2 is 1.86 bits per heavy atom. The van der Waals surface area contributed by atoms with Crippen molar-refractivity contribution in [3.63, 3.8) is 0 Å². The summed E-state index contributed by atoms with van der Waals surface area (Å²) >= 11 is 0. The number of nitrogens with zero attached hydrogens (tertiary/aromatic N) is 5. The fraction of sp³-hybridized carbons (Fsp3) is 0.556. The van der Waals surface area contributed by atoms with Gasteiger partial charge in [-0.05, 0) is 37.8 Å². The average Bonchev–Trinajstić information content (AvgIpc) is 2.68. The van der Waals surface area contributed by atoms with Gasteiger partial charge in [0.25, 0.3) is 5.69 Å². The molecule has 4 rings (SSSR count). The summed E-state index contributed by atoms with van der Waals surface area (Å²) in [5.41, 5.74) is 12.7. The van der Waals surface area contributed by atoms with Crippen molar-refractivity contribution in [2.75, 3.05) is 36.1 Å². The van der Waals surface area contributed by atoms with E-state index in [4.69, 9.17) is 16.2 Å². The van der Waals surface area contributed by atoms with Crippen LogP contribution in [0.15, 0.2) is 28.2 Å². The van der Waals surface area contributed by atoms with Crippen molar-refractivity contribution < 1.29 is 9.66 Å². The molecule has 0 amide bonds. The van der Waals surface area contributed by atoms with Gasteiger partial charge in [-0.2, -0.15) is 4.99 Å². The van der Waals surface area contributed by atoms with Gasteiger partial charge in [0, 0.05) is 24.8 Å². The molecule has 4 N–H and O–H groups in total. The molecule has 2 aliphatic heterocycles. The maximum Gasteiger partial charge on any atom is 0.293 e. The highest BCUT2D eigenvalue weighted by Gasteiger charge is 2.44. The summed E-state index contributed by atoms with van der Waals surface area (Å²) in [6, 6.07) is 5.13. The van der Waals surface area contributed by atoms with Crippen LogP contribution >= 0.6 is 0 Å². The lowest BCUT2D eigenvalue weighted by Crippen LogP contribution is -2.58. The summed E-state index contributed by atoms with van der Waals surface area (Å²) < 4.78 is 5.42. The number of hydrogen-bond donors (Lipinski definition) is 2. The van der Waals surface area contributed by atoms with Crippen molar-refractivity contribution in [3.05, 3.63) is 28.3 Å². The van der Waals surface area contributed by atoms with Crippen LogP contribution in [0.4, 0.5) is 17.1 Å². The summed E-state index contributed by atoms with van der Waals surface area (Å²) in [7, 11) is 0. The number of nitro benzene ring substituents is 1. The Hall–Kier alpha value is -2.88. The van der Waals surface area contributed by atoms with Crippen molar-refractivity contribution in [2.45, 2.75) is 37.8 Å². The first-order valence-electron chi connectivity index (χ1n) is 9.61. The van der Waals surface area contributed by atoms with Crippen LogP contribution < -0.4 is 21.3 Å². The first-order valence-corrected chi connectivity index (χ1v) is 9.61. The number of ether oxygens (including phenoxy) is 1. The van der Waals surface area contributed by atoms with E-state index in [1.165, 1.54) is 6.07 Å². The largest absolute Gasteiger partial charge is 0.378 e. The van der Waals surface area contributed by atoms with Gasteiger partial charge < -0.3 is 21.1 Å². The molecule has 1 aromatic rings. The summed E-state index contributed by atoms with van der Waals surface area (Å²) in [6.45, 7) is 2.73. The molecule has 0 bridgehead atoms. The highest BCUT2D eigenvalue weighted by Crippen LogP contribution is 2.43. The molecule has 2 heterocycles. The van der Waals surface area contributed by atoms with E-state index in [0.29, 0.717) is 18.9 Å². The molecule has 2 fully saturated rings. The Labute approximate surface area is 163 Å². The van der Waals surface area contributed by atoms with E-state index >= 15 is 0 Å². The zero-order valence-electron chi connectivity index (χ0n) is 15.7. The quantitative estimate of drug-likeness (QED) is 0.593. The molecule has 0 atom stereocenters. The van der Waals surface area contributed by atoms with Gasteiger partial charge in [0.05, 0.1) is 18.1 Å². The summed E-state index contributed by atoms with van der Waals surface area (Å²) in [6.07, 6.45) is 4.46. The molecule has 0 aromatic heterocycles. The second-order valence-electron chi connectivity index (χ2n) is 7.35. The minimum absolute atomic E-state index is 0.0178. The molecule has 1 aromatic carbocycles. The van der Waals surface area contributed by atoms with Crippen molar-refractivity contribution in [3.8, 4) is 0 Å². The monoisotopic (exact) mass is 387 g/mol. The third-order valence-electron chi connectivity index (χ3n) is 5.62. The molecule has 1 saturated heterocycles. The van der Waals surface area contributed by atoms with Crippen LogP contribution in [-0.2, 0) is 4.74 Å². The highest BCUT2D eigenvalue weighted by atomic mass is 16.6. The van der Waals surface area contributed by atoms with Crippen LogP contribution in [0.3, 0.4) is 0 Å². The smallest absolute Gasteiger partial charge is 0.293 e. The summed E-state index contributed by atoms with van der Waals surface area (Å²) in [5, 5.41) is 11.8. The van der Waals surface area contributed by atoms with E-state index in [1.54, 1.807) is 11.0 Å². The highest BCUT2D eigenvalue weighted by molar-refractivity contribution is 6.07. The number of guanidine groups is 2. The number of aliphatic imine (C=N–C) groups is 2. The van der Waals surface area contributed by atoms with Crippen molar-refractivity contribution in [2.24, 2.45) is 21.5 Å². The fourth-order valence-electron chi connectivity index (χ4n) is 4.33. The lowest BCUT2D eigenvalue weighted by atomic mass is 9.87. The van der Waals surface area contributed by atoms with Gasteiger partial charge in [-0.25, -0.2) is 4.99 Å². The van der Waals surface area contributed by atoms with Crippen LogP contribution in [0, 0.1) is 10.1 Å². The van der Waals surface area contributed by atoms with Gasteiger partial charge in [0.15, 0.2) is 0 Å². The second kappa shape index (κ2) is 7.27. The number of benzene rings is 1. The van der Waals surface area contributed by atoms with E-state index in [0.717, 1.165) is 50.9 Å². The Morgan fingerprint density at radius 1 is 1.14 bits per heavy atom. The molecule has 28 heavy (non-hydrogen) atoms. The van der Waals surface area contributed by atoms with Gasteiger partial charge in [-0.1, -0.05) is 6.42 Å². The third-order valence-corrected chi connectivity index (χ3v) is 5.62. The maximum absolute atomic E-state index is 11.8. The van der Waals surface area contributed by atoms with Crippen molar-refractivity contribution in [1.29, 1.82) is 0 Å². The van der Waals surface area contributed by atoms with Gasteiger partial charge in [0.1, 0.15) is 11.4 Å². The Bertz CT molecular complexity index is 826. The number of anilines is 2. The molecular formula is C18H25N7O3. The topological polar surface area (TPSA) is 136 Å². The molecule has 0 radical (unpaired) electrons. The van der Waals surface area contributed by atoms with Gasteiger partial charge in [-0.3, -0.25) is 15.0 Å². The van der Waals surface area contributed by atoms with E-state index in [2.05, 4.69) is 14.9 Å². The van der Waals surface area contributed by atoms with E-state index in [1.807, 2.05) is 6.07 Å². The number of rotatable bonds is 3. The predicted molar refractivity (Wildman–Crippen MR) is 108 cm³/mol. The molecular weight excluding hydrogens is 362 g/mol. The normalized spacial score (nSPS) is 22.0. The zero-order chi connectivity index (χ0) is 19.7. The molecule has 1 aliphatic carbocycles. The maximum atomic E-state index is 11.8. The van der Waals surface area contributed by atoms with E-state index < -0.39 is 5.66 Å². The Morgan fingerprint density at radius 3 is 2.54 bits per heavy atom. The van der Waals surface area contributed by atoms with Crippen LogP contribution in [0.25, 0.3) is 0 Å². The average molecular weight is 387 g/mol. The standard InChI is InChI=1S/C18H25N7O3/c19-16-21-17(20)24(18(22-16)6-2-1-3-7-18)15-12-13(4-5-14(15)25(26)27)23-8-10-28-11-9-23/h4-5,12H,1-3,6-11H2,(H4,19,20,21,22). The van der Waals surface area contributed by atoms with E-state index in [9.17, 15) is 10.1 Å². The van der Waals surface area contributed by atoms with Crippen LogP contribution in [0.5, 0.6) is 0 Å². The summed E-state index contributed by atoms with van der Waals surface area (Å²) in [5.74, 6) is 0.277. The molecule has 150 valence electrons. The number of morpholine rings is 1. The Kier molecular flexibility index (Phi) is 4.80. The predicted octanol–water partition coefficient (Wildman–Crippen LogP) is 1.54. The van der Waals surface area contributed by atoms with Gasteiger partial charge in [0.2, 0.25) is 11.9 Å². The Balaban J connectivity index is 1.82. The van der Waals surface area contributed by atoms with Crippen LogP contribution in [0.1, 0.15) is 32.1 Å². The molecule has 10 heteroatoms. The zero-order valence-corrected chi connectivity index (χ0v) is 15.7. The number of nitro groups is 1. The molecule has 10 nitrogen and oxygen atoms in total. The second-order valence-corrected chi connectivity index (χ2v) is 7.35. The van der Waals surface area contributed by atoms with Gasteiger partial charge >= 0.3 is 0 Å². The van der Waals surface area contributed by atoms with Crippen molar-refractivity contribution >= 4 is 29.0 Å².